The summed E-state index contributed by atoms with van der Waals surface area (Å²) in [5.74, 6) is 1.86. The van der Waals surface area contributed by atoms with E-state index >= 15 is 0 Å². The van der Waals surface area contributed by atoms with E-state index in [1.807, 2.05) is 19.3 Å². The lowest BCUT2D eigenvalue weighted by Crippen LogP contribution is -2.43. The van der Waals surface area contributed by atoms with Crippen molar-refractivity contribution >= 4 is 5.69 Å². The van der Waals surface area contributed by atoms with Gasteiger partial charge in [-0.3, -0.25) is 0 Å². The van der Waals surface area contributed by atoms with Gasteiger partial charge in [-0.05, 0) is 62.9 Å². The molecule has 1 N–H and O–H groups in total. The number of nitrogens with one attached hydrogen (secondary N) is 1. The average Bonchev–Trinajstić information content (AvgIpc) is 3.08. The normalized spacial score (nSPS) is 17.0. The van der Waals surface area contributed by atoms with Crippen LogP contribution in [0, 0.1) is 12.8 Å². The molecule has 4 nitrogen and oxygen atoms in total. The van der Waals surface area contributed by atoms with Gasteiger partial charge in [0.2, 0.25) is 0 Å². The Labute approximate surface area is 152 Å². The molecular formula is C21H32N4. The van der Waals surface area contributed by atoms with Gasteiger partial charge in [-0.1, -0.05) is 20.3 Å². The van der Waals surface area contributed by atoms with Gasteiger partial charge in [-0.15, -0.1) is 0 Å². The molecule has 0 aliphatic carbocycles. The molecule has 136 valence electrons. The van der Waals surface area contributed by atoms with E-state index in [1.54, 1.807) is 0 Å². The van der Waals surface area contributed by atoms with Crippen LogP contribution in [-0.2, 0) is 0 Å². The first-order chi connectivity index (χ1) is 12.2. The fraction of sp³-hybridized carbons (Fsp3) is 0.571. The Balaban J connectivity index is 1.49. The number of hydrogen-bond acceptors (Lipinski definition) is 3. The number of benzene rings is 1. The zero-order chi connectivity index (χ0) is 17.6. The van der Waals surface area contributed by atoms with E-state index in [9.17, 15) is 0 Å². The molecular weight excluding hydrogens is 308 g/mol. The molecule has 0 spiro atoms. The van der Waals surface area contributed by atoms with Crippen LogP contribution in [0.15, 0.2) is 36.7 Å². The van der Waals surface area contributed by atoms with Crippen molar-refractivity contribution in [3.05, 3.63) is 42.5 Å². The third-order valence-corrected chi connectivity index (χ3v) is 5.58. The third-order valence-electron chi connectivity index (χ3n) is 5.58. The smallest absolute Gasteiger partial charge is 0.110 e. The van der Waals surface area contributed by atoms with Gasteiger partial charge in [0.25, 0.3) is 0 Å². The van der Waals surface area contributed by atoms with E-state index in [0.29, 0.717) is 6.04 Å². The fourth-order valence-corrected chi connectivity index (χ4v) is 3.55. The maximum Gasteiger partial charge on any atom is 0.110 e. The SMILES string of the molecule is CC[C@H](C)CCNC1CCN(c2ccc(-n3ccnc3C)cc2)CC1. The van der Waals surface area contributed by atoms with Gasteiger partial charge in [0, 0.05) is 42.9 Å². The minimum Gasteiger partial charge on any atom is -0.371 e. The Bertz CT molecular complexity index is 638. The van der Waals surface area contributed by atoms with Crippen molar-refractivity contribution in [2.45, 2.75) is 52.5 Å². The zero-order valence-electron chi connectivity index (χ0n) is 15.9. The van der Waals surface area contributed by atoms with E-state index in [0.717, 1.165) is 24.8 Å². The lowest BCUT2D eigenvalue weighted by atomic mass is 10.0. The summed E-state index contributed by atoms with van der Waals surface area (Å²) in [6, 6.07) is 9.56. The van der Waals surface area contributed by atoms with Gasteiger partial charge in [-0.2, -0.15) is 0 Å². The maximum atomic E-state index is 4.30. The Morgan fingerprint density at radius 3 is 2.44 bits per heavy atom. The molecule has 0 bridgehead atoms. The van der Waals surface area contributed by atoms with Crippen molar-refractivity contribution < 1.29 is 0 Å². The van der Waals surface area contributed by atoms with E-state index in [-0.39, 0.29) is 0 Å². The van der Waals surface area contributed by atoms with E-state index in [2.05, 4.69) is 57.9 Å². The number of rotatable bonds is 7. The summed E-state index contributed by atoms with van der Waals surface area (Å²) in [5.41, 5.74) is 2.51. The van der Waals surface area contributed by atoms with Crippen LogP contribution in [0.5, 0.6) is 0 Å². The Kier molecular flexibility index (Phi) is 6.14. The van der Waals surface area contributed by atoms with E-state index in [1.165, 1.54) is 43.6 Å². The molecule has 1 aliphatic rings. The molecule has 0 amide bonds. The molecule has 1 fully saturated rings. The summed E-state index contributed by atoms with van der Waals surface area (Å²) in [7, 11) is 0. The number of aryl methyl sites for hydroxylation is 1. The first-order valence-electron chi connectivity index (χ1n) is 9.76. The second-order valence-electron chi connectivity index (χ2n) is 7.38. The molecule has 1 atom stereocenters. The standard InChI is InChI=1S/C21H32N4/c1-4-17(2)9-12-23-19-10-14-24(15-11-19)20-5-7-21(8-6-20)25-16-13-22-18(25)3/h5-8,13,16-17,19,23H,4,9-12,14-15H2,1-3H3/t17-/m0/s1. The molecule has 1 aromatic carbocycles. The van der Waals surface area contributed by atoms with Crippen molar-refractivity contribution in [3.8, 4) is 5.69 Å². The van der Waals surface area contributed by atoms with Crippen molar-refractivity contribution in [3.63, 3.8) is 0 Å². The Morgan fingerprint density at radius 2 is 1.84 bits per heavy atom. The van der Waals surface area contributed by atoms with Crippen LogP contribution in [0.4, 0.5) is 5.69 Å². The summed E-state index contributed by atoms with van der Waals surface area (Å²) in [5, 5.41) is 3.76. The monoisotopic (exact) mass is 340 g/mol. The Morgan fingerprint density at radius 1 is 1.16 bits per heavy atom. The number of hydrogen-bond donors (Lipinski definition) is 1. The molecule has 0 unspecified atom stereocenters. The second-order valence-corrected chi connectivity index (χ2v) is 7.38. The molecule has 0 saturated carbocycles. The summed E-state index contributed by atoms with van der Waals surface area (Å²) in [6.45, 7) is 10.1. The third kappa shape index (κ3) is 4.63. The van der Waals surface area contributed by atoms with Crippen LogP contribution in [-0.4, -0.2) is 35.2 Å². The lowest BCUT2D eigenvalue weighted by molar-refractivity contribution is 0.391. The molecule has 3 rings (SSSR count). The fourth-order valence-electron chi connectivity index (χ4n) is 3.55. The van der Waals surface area contributed by atoms with Crippen LogP contribution in [0.3, 0.4) is 0 Å². The molecule has 2 aromatic rings. The van der Waals surface area contributed by atoms with Gasteiger partial charge in [0.15, 0.2) is 0 Å². The van der Waals surface area contributed by atoms with Crippen LogP contribution in [0.25, 0.3) is 5.69 Å². The van der Waals surface area contributed by atoms with Gasteiger partial charge in [0.05, 0.1) is 0 Å². The zero-order valence-corrected chi connectivity index (χ0v) is 15.9. The van der Waals surface area contributed by atoms with Crippen molar-refractivity contribution in [1.29, 1.82) is 0 Å². The topological polar surface area (TPSA) is 33.1 Å². The molecule has 1 aromatic heterocycles. The number of piperidine rings is 1. The molecule has 1 saturated heterocycles. The minimum atomic E-state index is 0.688. The van der Waals surface area contributed by atoms with Crippen molar-refractivity contribution in [1.82, 2.24) is 14.9 Å². The van der Waals surface area contributed by atoms with Crippen LogP contribution < -0.4 is 10.2 Å². The van der Waals surface area contributed by atoms with Crippen molar-refractivity contribution in [2.75, 3.05) is 24.5 Å². The Hall–Kier alpha value is -1.81. The van der Waals surface area contributed by atoms with Crippen LogP contribution in [0.2, 0.25) is 0 Å². The van der Waals surface area contributed by atoms with Crippen LogP contribution >= 0.6 is 0 Å². The van der Waals surface area contributed by atoms with Crippen molar-refractivity contribution in [2.24, 2.45) is 5.92 Å². The number of imidazole rings is 1. The minimum absolute atomic E-state index is 0.688. The second kappa shape index (κ2) is 8.52. The molecule has 25 heavy (non-hydrogen) atoms. The predicted molar refractivity (Wildman–Crippen MR) is 106 cm³/mol. The quantitative estimate of drug-likeness (QED) is 0.821. The van der Waals surface area contributed by atoms with Gasteiger partial charge >= 0.3 is 0 Å². The van der Waals surface area contributed by atoms with Gasteiger partial charge in [-0.25, -0.2) is 4.98 Å². The van der Waals surface area contributed by atoms with E-state index < -0.39 is 0 Å². The molecule has 1 aliphatic heterocycles. The highest BCUT2D eigenvalue weighted by molar-refractivity contribution is 5.51. The lowest BCUT2D eigenvalue weighted by Gasteiger charge is -2.34. The maximum absolute atomic E-state index is 4.30. The molecule has 4 heteroatoms. The largest absolute Gasteiger partial charge is 0.371 e. The highest BCUT2D eigenvalue weighted by atomic mass is 15.1. The summed E-state index contributed by atoms with van der Waals surface area (Å²) in [6.07, 6.45) is 8.93. The first kappa shape index (κ1) is 18.0. The number of nitrogens with zero attached hydrogens (tertiary/aromatic N) is 3. The number of aromatic nitrogens is 2. The summed E-state index contributed by atoms with van der Waals surface area (Å²) < 4.78 is 2.12. The predicted octanol–water partition coefficient (Wildman–Crippen LogP) is 4.18. The van der Waals surface area contributed by atoms with Gasteiger partial charge < -0.3 is 14.8 Å². The molecule has 2 heterocycles. The highest BCUT2D eigenvalue weighted by Gasteiger charge is 2.19. The highest BCUT2D eigenvalue weighted by Crippen LogP contribution is 2.22. The van der Waals surface area contributed by atoms with E-state index in [4.69, 9.17) is 0 Å². The number of anilines is 1. The average molecular weight is 341 g/mol. The van der Waals surface area contributed by atoms with Crippen LogP contribution in [0.1, 0.15) is 45.4 Å². The summed E-state index contributed by atoms with van der Waals surface area (Å²) >= 11 is 0. The summed E-state index contributed by atoms with van der Waals surface area (Å²) in [4.78, 5) is 6.81. The molecule has 0 radical (unpaired) electrons. The first-order valence-corrected chi connectivity index (χ1v) is 9.76. The van der Waals surface area contributed by atoms with Gasteiger partial charge in [0.1, 0.15) is 5.82 Å².